The minimum atomic E-state index is -0.125. The number of aromatic nitrogens is 2. The first kappa shape index (κ1) is 15.9. The molecule has 3 rings (SSSR count). The summed E-state index contributed by atoms with van der Waals surface area (Å²) in [5, 5.41) is 16.0. The Bertz CT molecular complexity index is 860. The van der Waals surface area contributed by atoms with Gasteiger partial charge in [0, 0.05) is 0 Å². The van der Waals surface area contributed by atoms with Crippen LogP contribution in [-0.4, -0.2) is 22.4 Å². The van der Waals surface area contributed by atoms with Crippen LogP contribution in [0.4, 0.5) is 0 Å². The van der Waals surface area contributed by atoms with E-state index in [-0.39, 0.29) is 27.4 Å². The number of halogens is 2. The molecule has 1 aromatic carbocycles. The van der Waals surface area contributed by atoms with E-state index >= 15 is 0 Å². The van der Waals surface area contributed by atoms with Gasteiger partial charge in [-0.15, -0.1) is 11.3 Å². The van der Waals surface area contributed by atoms with Crippen LogP contribution in [0.2, 0.25) is 5.02 Å². The van der Waals surface area contributed by atoms with Crippen molar-refractivity contribution >= 4 is 45.6 Å². The average Bonchev–Trinajstić information content (AvgIpc) is 3.20. The summed E-state index contributed by atoms with van der Waals surface area (Å²) in [4.78, 5) is 5.14. The highest BCUT2D eigenvalue weighted by molar-refractivity contribution is 7.13. The van der Waals surface area contributed by atoms with Crippen LogP contribution >= 0.6 is 34.5 Å². The van der Waals surface area contributed by atoms with Gasteiger partial charge in [-0.05, 0) is 35.2 Å². The number of hydrogen-bond acceptors (Lipinski definition) is 6. The van der Waals surface area contributed by atoms with E-state index in [1.54, 1.807) is 18.2 Å². The van der Waals surface area contributed by atoms with Crippen molar-refractivity contribution in [1.29, 1.82) is 0 Å². The molecule has 0 aliphatic heterocycles. The summed E-state index contributed by atoms with van der Waals surface area (Å²) in [6.45, 7) is 0. The molecule has 0 spiro atoms. The standard InChI is InChI=1S/C15H10Cl2N2O3S/c1-21-11-7-8(5-9(16)13(11)20)6-10(17)15-18-14(19-22-15)12-3-2-4-23-12/h2-7,20H,1H3/b10-6-. The van der Waals surface area contributed by atoms with Crippen molar-refractivity contribution in [3.63, 3.8) is 0 Å². The molecular weight excluding hydrogens is 359 g/mol. The number of methoxy groups -OCH3 is 1. The fraction of sp³-hybridized carbons (Fsp3) is 0.0667. The zero-order chi connectivity index (χ0) is 16.4. The highest BCUT2D eigenvalue weighted by Crippen LogP contribution is 2.36. The van der Waals surface area contributed by atoms with Crippen molar-refractivity contribution in [2.24, 2.45) is 0 Å². The van der Waals surface area contributed by atoms with Crippen molar-refractivity contribution in [3.8, 4) is 22.2 Å². The Kier molecular flexibility index (Phi) is 4.56. The molecule has 2 aromatic heterocycles. The van der Waals surface area contributed by atoms with E-state index in [2.05, 4.69) is 10.1 Å². The van der Waals surface area contributed by atoms with E-state index in [1.165, 1.54) is 18.4 Å². The van der Waals surface area contributed by atoms with Crippen LogP contribution in [0, 0.1) is 0 Å². The molecule has 1 N–H and O–H groups in total. The summed E-state index contributed by atoms with van der Waals surface area (Å²) in [6, 6.07) is 6.94. The lowest BCUT2D eigenvalue weighted by molar-refractivity contribution is 0.373. The second-order valence-corrected chi connectivity index (χ2v) is 6.21. The molecule has 0 aliphatic rings. The monoisotopic (exact) mass is 368 g/mol. The number of nitrogens with zero attached hydrogens (tertiary/aromatic N) is 2. The van der Waals surface area contributed by atoms with Crippen LogP contribution in [0.3, 0.4) is 0 Å². The van der Waals surface area contributed by atoms with Gasteiger partial charge in [-0.1, -0.05) is 34.4 Å². The summed E-state index contributed by atoms with van der Waals surface area (Å²) in [5.74, 6) is 0.791. The summed E-state index contributed by atoms with van der Waals surface area (Å²) >= 11 is 13.7. The molecule has 0 saturated heterocycles. The molecule has 0 saturated carbocycles. The van der Waals surface area contributed by atoms with E-state index in [4.69, 9.17) is 32.5 Å². The van der Waals surface area contributed by atoms with Crippen LogP contribution < -0.4 is 4.74 Å². The SMILES string of the molecule is COc1cc(/C=C(\Cl)c2nc(-c3cccs3)no2)cc(Cl)c1O. The van der Waals surface area contributed by atoms with Crippen molar-refractivity contribution in [2.75, 3.05) is 7.11 Å². The fourth-order valence-corrected chi connectivity index (χ4v) is 2.94. The molecule has 8 heteroatoms. The van der Waals surface area contributed by atoms with Crippen molar-refractivity contribution in [2.45, 2.75) is 0 Å². The number of hydrogen-bond donors (Lipinski definition) is 1. The van der Waals surface area contributed by atoms with Gasteiger partial charge in [0.05, 0.1) is 17.0 Å². The lowest BCUT2D eigenvalue weighted by Gasteiger charge is -2.06. The van der Waals surface area contributed by atoms with E-state index in [1.807, 2.05) is 17.5 Å². The van der Waals surface area contributed by atoms with Gasteiger partial charge < -0.3 is 14.4 Å². The molecule has 118 valence electrons. The van der Waals surface area contributed by atoms with E-state index in [0.29, 0.717) is 11.4 Å². The molecule has 0 bridgehead atoms. The van der Waals surface area contributed by atoms with E-state index in [0.717, 1.165) is 4.88 Å². The van der Waals surface area contributed by atoms with Crippen LogP contribution in [-0.2, 0) is 0 Å². The highest BCUT2D eigenvalue weighted by Gasteiger charge is 2.13. The molecule has 23 heavy (non-hydrogen) atoms. The summed E-state index contributed by atoms with van der Waals surface area (Å²) in [6.07, 6.45) is 1.60. The minimum absolute atomic E-state index is 0.125. The maximum atomic E-state index is 9.73. The zero-order valence-corrected chi connectivity index (χ0v) is 14.1. The Morgan fingerprint density at radius 2 is 2.26 bits per heavy atom. The molecule has 0 radical (unpaired) electrons. The number of rotatable bonds is 4. The quantitative estimate of drug-likeness (QED) is 0.708. The van der Waals surface area contributed by atoms with Crippen molar-refractivity contribution in [3.05, 3.63) is 46.1 Å². The molecular formula is C15H10Cl2N2O3S. The molecule has 0 atom stereocenters. The van der Waals surface area contributed by atoms with Gasteiger partial charge in [-0.25, -0.2) is 0 Å². The first-order valence-electron chi connectivity index (χ1n) is 6.40. The zero-order valence-electron chi connectivity index (χ0n) is 11.8. The maximum Gasteiger partial charge on any atom is 0.269 e. The fourth-order valence-electron chi connectivity index (χ4n) is 1.87. The maximum absolute atomic E-state index is 9.73. The van der Waals surface area contributed by atoms with Gasteiger partial charge in [-0.3, -0.25) is 0 Å². The molecule has 0 aliphatic carbocycles. The molecule has 0 amide bonds. The van der Waals surface area contributed by atoms with Gasteiger partial charge in [0.15, 0.2) is 11.5 Å². The normalized spacial score (nSPS) is 11.7. The van der Waals surface area contributed by atoms with Crippen molar-refractivity contribution < 1.29 is 14.4 Å². The number of phenols is 1. The largest absolute Gasteiger partial charge is 0.503 e. The van der Waals surface area contributed by atoms with Gasteiger partial charge in [0.2, 0.25) is 5.82 Å². The molecule has 0 unspecified atom stereocenters. The Morgan fingerprint density at radius 1 is 1.43 bits per heavy atom. The second kappa shape index (κ2) is 6.62. The van der Waals surface area contributed by atoms with Gasteiger partial charge >= 0.3 is 0 Å². The van der Waals surface area contributed by atoms with Gasteiger partial charge in [-0.2, -0.15) is 4.98 Å². The van der Waals surface area contributed by atoms with Crippen LogP contribution in [0.15, 0.2) is 34.2 Å². The number of benzene rings is 1. The number of phenolic OH excluding ortho intramolecular Hbond substituents is 1. The predicted molar refractivity (Wildman–Crippen MR) is 91.0 cm³/mol. The van der Waals surface area contributed by atoms with Crippen molar-refractivity contribution in [1.82, 2.24) is 10.1 Å². The molecule has 2 heterocycles. The highest BCUT2D eigenvalue weighted by atomic mass is 35.5. The van der Waals surface area contributed by atoms with Gasteiger partial charge in [0.1, 0.15) is 5.03 Å². The topological polar surface area (TPSA) is 68.4 Å². The third-order valence-corrected chi connectivity index (χ3v) is 4.36. The van der Waals surface area contributed by atoms with Crippen LogP contribution in [0.5, 0.6) is 11.5 Å². The van der Waals surface area contributed by atoms with Crippen LogP contribution in [0.1, 0.15) is 11.5 Å². The average molecular weight is 369 g/mol. The van der Waals surface area contributed by atoms with Crippen LogP contribution in [0.25, 0.3) is 21.8 Å². The van der Waals surface area contributed by atoms with E-state index in [9.17, 15) is 5.11 Å². The molecule has 0 fully saturated rings. The Hall–Kier alpha value is -2.02. The Labute approximate surface area is 145 Å². The lowest BCUT2D eigenvalue weighted by Crippen LogP contribution is -1.86. The summed E-state index contributed by atoms with van der Waals surface area (Å²) in [5.41, 5.74) is 0.630. The number of thiophene rings is 1. The number of ether oxygens (including phenoxy) is 1. The Balaban J connectivity index is 1.92. The Morgan fingerprint density at radius 3 is 2.96 bits per heavy atom. The van der Waals surface area contributed by atoms with Gasteiger partial charge in [0.25, 0.3) is 5.89 Å². The van der Waals surface area contributed by atoms with E-state index < -0.39 is 0 Å². The summed E-state index contributed by atoms with van der Waals surface area (Å²) in [7, 11) is 1.44. The minimum Gasteiger partial charge on any atom is -0.503 e. The lowest BCUT2D eigenvalue weighted by atomic mass is 10.2. The molecule has 3 aromatic rings. The third kappa shape index (κ3) is 3.34. The number of aromatic hydroxyl groups is 1. The first-order chi connectivity index (χ1) is 11.1. The molecule has 5 nitrogen and oxygen atoms in total. The summed E-state index contributed by atoms with van der Waals surface area (Å²) < 4.78 is 10.2. The second-order valence-electron chi connectivity index (χ2n) is 4.45. The smallest absolute Gasteiger partial charge is 0.269 e. The first-order valence-corrected chi connectivity index (χ1v) is 8.03. The predicted octanol–water partition coefficient (Wildman–Crippen LogP) is 4.90. The third-order valence-electron chi connectivity index (χ3n) is 2.94.